The topological polar surface area (TPSA) is 84.6 Å². The molecule has 1 heterocycles. The van der Waals surface area contributed by atoms with Crippen LogP contribution in [0.3, 0.4) is 0 Å². The van der Waals surface area contributed by atoms with Gasteiger partial charge in [-0.15, -0.1) is 0 Å². The molecule has 0 aliphatic rings. The van der Waals surface area contributed by atoms with E-state index in [0.717, 1.165) is 17.0 Å². The van der Waals surface area contributed by atoms with Crippen LogP contribution >= 0.6 is 0 Å². The standard InChI is InChI=1S/C17H22N2O4/c1-11(8-9-20)18-17(21)14-4-6-15(7-5-14)22-10-16-12(2)19-23-13(16)3/h4-7,11,20H,8-10H2,1-3H3,(H,18,21). The van der Waals surface area contributed by atoms with Gasteiger partial charge in [0.1, 0.15) is 18.1 Å². The van der Waals surface area contributed by atoms with Crippen molar-refractivity contribution in [2.45, 2.75) is 39.8 Å². The molecular weight excluding hydrogens is 296 g/mol. The summed E-state index contributed by atoms with van der Waals surface area (Å²) in [5.74, 6) is 1.25. The molecule has 1 amide bonds. The molecule has 2 aromatic rings. The number of nitrogens with zero attached hydrogens (tertiary/aromatic N) is 1. The van der Waals surface area contributed by atoms with Gasteiger partial charge in [0.05, 0.1) is 11.3 Å². The minimum atomic E-state index is -0.164. The first-order valence-electron chi connectivity index (χ1n) is 7.57. The Morgan fingerprint density at radius 3 is 2.61 bits per heavy atom. The van der Waals surface area contributed by atoms with Crippen molar-refractivity contribution in [1.82, 2.24) is 10.5 Å². The van der Waals surface area contributed by atoms with Crippen LogP contribution in [0.25, 0.3) is 0 Å². The molecule has 2 N–H and O–H groups in total. The smallest absolute Gasteiger partial charge is 0.251 e. The number of aliphatic hydroxyl groups is 1. The van der Waals surface area contributed by atoms with Crippen LogP contribution in [0.2, 0.25) is 0 Å². The van der Waals surface area contributed by atoms with Crippen molar-refractivity contribution < 1.29 is 19.2 Å². The van der Waals surface area contributed by atoms with Crippen LogP contribution in [-0.4, -0.2) is 28.8 Å². The second-order valence-corrected chi connectivity index (χ2v) is 5.50. The van der Waals surface area contributed by atoms with Gasteiger partial charge in [0, 0.05) is 18.2 Å². The van der Waals surface area contributed by atoms with Gasteiger partial charge >= 0.3 is 0 Å². The predicted octanol–water partition coefficient (Wildman–Crippen LogP) is 2.37. The summed E-state index contributed by atoms with van der Waals surface area (Å²) in [6, 6.07) is 6.86. The van der Waals surface area contributed by atoms with Gasteiger partial charge in [-0.1, -0.05) is 5.16 Å². The fourth-order valence-corrected chi connectivity index (χ4v) is 2.14. The second-order valence-electron chi connectivity index (χ2n) is 5.50. The van der Waals surface area contributed by atoms with Crippen molar-refractivity contribution in [1.29, 1.82) is 0 Å². The number of rotatable bonds is 7. The molecule has 1 aromatic heterocycles. The van der Waals surface area contributed by atoms with E-state index in [-0.39, 0.29) is 18.6 Å². The Kier molecular flexibility index (Phi) is 5.76. The molecule has 0 saturated carbocycles. The quantitative estimate of drug-likeness (QED) is 0.819. The number of aliphatic hydroxyl groups excluding tert-OH is 1. The van der Waals surface area contributed by atoms with E-state index in [1.54, 1.807) is 24.3 Å². The van der Waals surface area contributed by atoms with Crippen LogP contribution in [0, 0.1) is 13.8 Å². The monoisotopic (exact) mass is 318 g/mol. The fourth-order valence-electron chi connectivity index (χ4n) is 2.14. The number of ether oxygens (including phenoxy) is 1. The van der Waals surface area contributed by atoms with Crippen LogP contribution in [0.1, 0.15) is 40.7 Å². The van der Waals surface area contributed by atoms with Gasteiger partial charge in [-0.2, -0.15) is 0 Å². The van der Waals surface area contributed by atoms with E-state index in [2.05, 4.69) is 10.5 Å². The molecule has 2 rings (SSSR count). The van der Waals surface area contributed by atoms with Gasteiger partial charge in [-0.05, 0) is 51.5 Å². The van der Waals surface area contributed by atoms with Crippen molar-refractivity contribution in [2.24, 2.45) is 0 Å². The van der Waals surface area contributed by atoms with E-state index in [0.29, 0.717) is 24.3 Å². The van der Waals surface area contributed by atoms with Gasteiger partial charge < -0.3 is 19.7 Å². The van der Waals surface area contributed by atoms with Crippen LogP contribution in [0.5, 0.6) is 5.75 Å². The Hall–Kier alpha value is -2.34. The van der Waals surface area contributed by atoms with E-state index in [9.17, 15) is 4.79 Å². The number of nitrogens with one attached hydrogen (secondary N) is 1. The Morgan fingerprint density at radius 1 is 1.35 bits per heavy atom. The Labute approximate surface area is 135 Å². The molecule has 0 bridgehead atoms. The molecular formula is C17H22N2O4. The highest BCUT2D eigenvalue weighted by atomic mass is 16.5. The molecule has 0 radical (unpaired) electrons. The van der Waals surface area contributed by atoms with Crippen molar-refractivity contribution in [3.63, 3.8) is 0 Å². The van der Waals surface area contributed by atoms with E-state index in [4.69, 9.17) is 14.4 Å². The van der Waals surface area contributed by atoms with E-state index < -0.39 is 0 Å². The molecule has 1 unspecified atom stereocenters. The van der Waals surface area contributed by atoms with Crippen molar-refractivity contribution in [2.75, 3.05) is 6.61 Å². The highest BCUT2D eigenvalue weighted by Crippen LogP contribution is 2.18. The zero-order chi connectivity index (χ0) is 16.8. The van der Waals surface area contributed by atoms with Crippen molar-refractivity contribution in [3.05, 3.63) is 46.8 Å². The number of aryl methyl sites for hydroxylation is 2. The Bertz CT molecular complexity index is 630. The number of carbonyl (C=O) groups excluding carboxylic acids is 1. The summed E-state index contributed by atoms with van der Waals surface area (Å²) in [5.41, 5.74) is 2.31. The third-order valence-electron chi connectivity index (χ3n) is 3.62. The van der Waals surface area contributed by atoms with Gasteiger partial charge in [0.15, 0.2) is 0 Å². The number of hydrogen-bond acceptors (Lipinski definition) is 5. The number of benzene rings is 1. The highest BCUT2D eigenvalue weighted by Gasteiger charge is 2.11. The lowest BCUT2D eigenvalue weighted by Gasteiger charge is -2.12. The normalized spacial score (nSPS) is 12.0. The molecule has 6 nitrogen and oxygen atoms in total. The van der Waals surface area contributed by atoms with Gasteiger partial charge in [-0.3, -0.25) is 4.79 Å². The number of hydrogen-bond donors (Lipinski definition) is 2. The van der Waals surface area contributed by atoms with Crippen molar-refractivity contribution in [3.8, 4) is 5.75 Å². The maximum Gasteiger partial charge on any atom is 0.251 e. The lowest BCUT2D eigenvalue weighted by Crippen LogP contribution is -2.33. The SMILES string of the molecule is Cc1noc(C)c1COc1ccc(C(=O)NC(C)CCO)cc1. The lowest BCUT2D eigenvalue weighted by atomic mass is 10.1. The summed E-state index contributed by atoms with van der Waals surface area (Å²) >= 11 is 0. The maximum absolute atomic E-state index is 12.0. The van der Waals surface area contributed by atoms with Crippen LogP contribution in [0.4, 0.5) is 0 Å². The summed E-state index contributed by atoms with van der Waals surface area (Å²) in [6.45, 7) is 6.00. The number of carbonyl (C=O) groups is 1. The predicted molar refractivity (Wildman–Crippen MR) is 85.4 cm³/mol. The largest absolute Gasteiger partial charge is 0.489 e. The molecule has 0 saturated heterocycles. The van der Waals surface area contributed by atoms with Crippen LogP contribution < -0.4 is 10.1 Å². The van der Waals surface area contributed by atoms with E-state index in [1.165, 1.54) is 0 Å². The van der Waals surface area contributed by atoms with Crippen LogP contribution in [0.15, 0.2) is 28.8 Å². The minimum absolute atomic E-state index is 0.0515. The highest BCUT2D eigenvalue weighted by molar-refractivity contribution is 5.94. The zero-order valence-electron chi connectivity index (χ0n) is 13.6. The minimum Gasteiger partial charge on any atom is -0.489 e. The van der Waals surface area contributed by atoms with Gasteiger partial charge in [0.2, 0.25) is 0 Å². The molecule has 0 fully saturated rings. The Morgan fingerprint density at radius 2 is 2.04 bits per heavy atom. The average Bonchev–Trinajstić information content (AvgIpc) is 2.84. The molecule has 1 aromatic carbocycles. The molecule has 0 spiro atoms. The summed E-state index contributed by atoms with van der Waals surface area (Å²) in [7, 11) is 0. The second kappa shape index (κ2) is 7.78. The average molecular weight is 318 g/mol. The van der Waals surface area contributed by atoms with Crippen molar-refractivity contribution >= 4 is 5.91 Å². The molecule has 1 atom stereocenters. The lowest BCUT2D eigenvalue weighted by molar-refractivity contribution is 0.0934. The Balaban J connectivity index is 1.93. The third-order valence-corrected chi connectivity index (χ3v) is 3.62. The maximum atomic E-state index is 12.0. The first-order chi connectivity index (χ1) is 11.0. The fraction of sp³-hybridized carbons (Fsp3) is 0.412. The summed E-state index contributed by atoms with van der Waals surface area (Å²) in [4.78, 5) is 12.0. The van der Waals surface area contributed by atoms with Gasteiger partial charge in [-0.25, -0.2) is 0 Å². The first-order valence-corrected chi connectivity index (χ1v) is 7.57. The van der Waals surface area contributed by atoms with E-state index in [1.807, 2.05) is 20.8 Å². The molecule has 6 heteroatoms. The number of aromatic nitrogens is 1. The zero-order valence-corrected chi connectivity index (χ0v) is 13.6. The molecule has 0 aliphatic heterocycles. The summed E-state index contributed by atoms with van der Waals surface area (Å²) in [6.07, 6.45) is 0.532. The first kappa shape index (κ1) is 17.0. The summed E-state index contributed by atoms with van der Waals surface area (Å²) in [5, 5.41) is 15.6. The summed E-state index contributed by atoms with van der Waals surface area (Å²) < 4.78 is 10.8. The van der Waals surface area contributed by atoms with Gasteiger partial charge in [0.25, 0.3) is 5.91 Å². The van der Waals surface area contributed by atoms with E-state index >= 15 is 0 Å². The molecule has 23 heavy (non-hydrogen) atoms. The third kappa shape index (κ3) is 4.56. The van der Waals surface area contributed by atoms with Crippen LogP contribution in [-0.2, 0) is 6.61 Å². The number of amides is 1. The molecule has 0 aliphatic carbocycles. The molecule has 124 valence electrons.